The lowest BCUT2D eigenvalue weighted by molar-refractivity contribution is 0.585. The van der Waals surface area contributed by atoms with E-state index in [1.54, 1.807) is 0 Å². The minimum absolute atomic E-state index is 0.442. The molecule has 100 valence electrons. The fraction of sp³-hybridized carbons (Fsp3) is 0.250. The second-order valence-corrected chi connectivity index (χ2v) is 4.55. The van der Waals surface area contributed by atoms with Crippen molar-refractivity contribution in [1.82, 2.24) is 5.32 Å². The Morgan fingerprint density at radius 3 is 2.47 bits per heavy atom. The predicted octanol–water partition coefficient (Wildman–Crippen LogP) is 4.05. The van der Waals surface area contributed by atoms with Crippen molar-refractivity contribution in [2.45, 2.75) is 20.4 Å². The number of hydrogen-bond acceptors (Lipinski definition) is 1. The van der Waals surface area contributed by atoms with Crippen molar-refractivity contribution in [2.24, 2.45) is 0 Å². The molecule has 0 aliphatic carbocycles. The first kappa shape index (κ1) is 13.7. The maximum absolute atomic E-state index is 13.8. The Labute approximate surface area is 112 Å². The highest BCUT2D eigenvalue weighted by Crippen LogP contribution is 2.27. The minimum atomic E-state index is -0.553. The van der Waals surface area contributed by atoms with Gasteiger partial charge in [0, 0.05) is 18.2 Å². The van der Waals surface area contributed by atoms with Crippen LogP contribution in [0.3, 0.4) is 0 Å². The van der Waals surface area contributed by atoms with Crippen LogP contribution in [0, 0.1) is 18.6 Å². The van der Waals surface area contributed by atoms with Crippen molar-refractivity contribution < 1.29 is 8.78 Å². The monoisotopic (exact) mass is 261 g/mol. The maximum atomic E-state index is 13.8. The van der Waals surface area contributed by atoms with Crippen LogP contribution >= 0.6 is 0 Å². The Morgan fingerprint density at radius 2 is 1.79 bits per heavy atom. The van der Waals surface area contributed by atoms with Gasteiger partial charge in [0.1, 0.15) is 11.6 Å². The molecule has 0 amide bonds. The molecular formula is C16H17F2N. The number of hydrogen-bond donors (Lipinski definition) is 1. The highest BCUT2D eigenvalue weighted by atomic mass is 19.1. The zero-order chi connectivity index (χ0) is 13.8. The molecule has 2 aromatic rings. The molecule has 0 bridgehead atoms. The maximum Gasteiger partial charge on any atom is 0.133 e. The van der Waals surface area contributed by atoms with E-state index < -0.39 is 11.6 Å². The molecule has 1 N–H and O–H groups in total. The number of benzene rings is 2. The Morgan fingerprint density at radius 1 is 1.00 bits per heavy atom. The molecule has 0 aliphatic heterocycles. The van der Waals surface area contributed by atoms with Crippen molar-refractivity contribution in [3.63, 3.8) is 0 Å². The largest absolute Gasteiger partial charge is 0.313 e. The molecule has 2 rings (SSSR count). The molecule has 1 nitrogen and oxygen atoms in total. The van der Waals surface area contributed by atoms with Gasteiger partial charge in [-0.3, -0.25) is 0 Å². The van der Waals surface area contributed by atoms with E-state index >= 15 is 0 Å². The quantitative estimate of drug-likeness (QED) is 0.875. The molecule has 2 aromatic carbocycles. The van der Waals surface area contributed by atoms with Crippen LogP contribution in [0.15, 0.2) is 36.4 Å². The summed E-state index contributed by atoms with van der Waals surface area (Å²) in [6.45, 7) is 5.59. The van der Waals surface area contributed by atoms with Crippen molar-refractivity contribution >= 4 is 0 Å². The number of aryl methyl sites for hydroxylation is 1. The van der Waals surface area contributed by atoms with Crippen molar-refractivity contribution in [2.75, 3.05) is 6.54 Å². The number of rotatable bonds is 4. The van der Waals surface area contributed by atoms with E-state index in [9.17, 15) is 8.78 Å². The Balaban J connectivity index is 2.42. The third-order valence-corrected chi connectivity index (χ3v) is 3.10. The average Bonchev–Trinajstić information content (AvgIpc) is 2.38. The van der Waals surface area contributed by atoms with E-state index in [0.29, 0.717) is 5.56 Å². The van der Waals surface area contributed by atoms with Crippen molar-refractivity contribution in [3.8, 4) is 11.1 Å². The van der Waals surface area contributed by atoms with Crippen LogP contribution in [-0.4, -0.2) is 6.54 Å². The summed E-state index contributed by atoms with van der Waals surface area (Å²) in [4.78, 5) is 0. The molecule has 3 heteroatoms. The molecular weight excluding hydrogens is 244 g/mol. The van der Waals surface area contributed by atoms with Crippen LogP contribution in [0.1, 0.15) is 18.1 Å². The lowest BCUT2D eigenvalue weighted by Gasteiger charge is -2.10. The second kappa shape index (κ2) is 5.93. The minimum Gasteiger partial charge on any atom is -0.313 e. The molecule has 0 fully saturated rings. The molecule has 0 unspecified atom stereocenters. The fourth-order valence-electron chi connectivity index (χ4n) is 2.05. The first-order valence-electron chi connectivity index (χ1n) is 6.37. The molecule has 0 heterocycles. The standard InChI is InChI=1S/C16H17F2N/c1-3-19-10-12-5-4-11(2)15(8-12)14-7-6-13(17)9-16(14)18/h4-9,19H,3,10H2,1-2H3. The van der Waals surface area contributed by atoms with Gasteiger partial charge in [0.05, 0.1) is 0 Å². The van der Waals surface area contributed by atoms with Gasteiger partial charge in [-0.2, -0.15) is 0 Å². The van der Waals surface area contributed by atoms with Gasteiger partial charge in [-0.15, -0.1) is 0 Å². The smallest absolute Gasteiger partial charge is 0.133 e. The molecule has 0 saturated heterocycles. The second-order valence-electron chi connectivity index (χ2n) is 4.55. The lowest BCUT2D eigenvalue weighted by Crippen LogP contribution is -2.11. The molecule has 19 heavy (non-hydrogen) atoms. The Hall–Kier alpha value is -1.74. The predicted molar refractivity (Wildman–Crippen MR) is 73.9 cm³/mol. The summed E-state index contributed by atoms with van der Waals surface area (Å²) in [5.74, 6) is -1.08. The zero-order valence-corrected chi connectivity index (χ0v) is 11.1. The van der Waals surface area contributed by atoms with Crippen molar-refractivity contribution in [3.05, 3.63) is 59.2 Å². The van der Waals surface area contributed by atoms with Crippen LogP contribution in [0.5, 0.6) is 0 Å². The third kappa shape index (κ3) is 3.18. The molecule has 0 aromatic heterocycles. The van der Waals surface area contributed by atoms with Gasteiger partial charge in [0.15, 0.2) is 0 Å². The SMILES string of the molecule is CCNCc1ccc(C)c(-c2ccc(F)cc2F)c1. The normalized spacial score (nSPS) is 10.7. The van der Waals surface area contributed by atoms with Gasteiger partial charge in [-0.25, -0.2) is 8.78 Å². The first-order chi connectivity index (χ1) is 9.11. The van der Waals surface area contributed by atoms with E-state index in [4.69, 9.17) is 0 Å². The van der Waals surface area contributed by atoms with Gasteiger partial charge < -0.3 is 5.32 Å². The van der Waals surface area contributed by atoms with Gasteiger partial charge in [-0.05, 0) is 48.4 Å². The Kier molecular flexibility index (Phi) is 4.27. The van der Waals surface area contributed by atoms with Crippen LogP contribution < -0.4 is 5.32 Å². The summed E-state index contributed by atoms with van der Waals surface area (Å²) in [5, 5.41) is 3.23. The summed E-state index contributed by atoms with van der Waals surface area (Å²) in [6, 6.07) is 9.63. The van der Waals surface area contributed by atoms with Gasteiger partial charge in [0.2, 0.25) is 0 Å². The summed E-state index contributed by atoms with van der Waals surface area (Å²) in [7, 11) is 0. The number of nitrogens with one attached hydrogen (secondary N) is 1. The highest BCUT2D eigenvalue weighted by molar-refractivity contribution is 5.68. The summed E-state index contributed by atoms with van der Waals surface area (Å²) in [5.41, 5.74) is 3.32. The van der Waals surface area contributed by atoms with Gasteiger partial charge >= 0.3 is 0 Å². The lowest BCUT2D eigenvalue weighted by atomic mass is 9.97. The summed E-state index contributed by atoms with van der Waals surface area (Å²) in [6.07, 6.45) is 0. The van der Waals surface area contributed by atoms with Crippen LogP contribution in [0.4, 0.5) is 8.78 Å². The van der Waals surface area contributed by atoms with Crippen molar-refractivity contribution in [1.29, 1.82) is 0 Å². The molecule has 0 radical (unpaired) electrons. The summed E-state index contributed by atoms with van der Waals surface area (Å²) >= 11 is 0. The molecule has 0 aliphatic rings. The Bertz CT molecular complexity index is 579. The number of halogens is 2. The molecule has 0 saturated carbocycles. The average molecular weight is 261 g/mol. The van der Waals surface area contributed by atoms with Gasteiger partial charge in [-0.1, -0.05) is 19.1 Å². The molecule has 0 atom stereocenters. The van der Waals surface area contributed by atoms with E-state index in [0.717, 1.165) is 35.8 Å². The zero-order valence-electron chi connectivity index (χ0n) is 11.1. The van der Waals surface area contributed by atoms with E-state index in [-0.39, 0.29) is 0 Å². The van der Waals surface area contributed by atoms with E-state index in [1.165, 1.54) is 12.1 Å². The fourth-order valence-corrected chi connectivity index (χ4v) is 2.05. The van der Waals surface area contributed by atoms with Crippen LogP contribution in [0.25, 0.3) is 11.1 Å². The third-order valence-electron chi connectivity index (χ3n) is 3.10. The van der Waals surface area contributed by atoms with E-state index in [1.807, 2.05) is 32.0 Å². The van der Waals surface area contributed by atoms with Crippen LogP contribution in [0.2, 0.25) is 0 Å². The van der Waals surface area contributed by atoms with E-state index in [2.05, 4.69) is 5.32 Å². The summed E-state index contributed by atoms with van der Waals surface area (Å²) < 4.78 is 26.8. The van der Waals surface area contributed by atoms with Crippen LogP contribution in [-0.2, 0) is 6.54 Å². The first-order valence-corrected chi connectivity index (χ1v) is 6.37. The highest BCUT2D eigenvalue weighted by Gasteiger charge is 2.09. The molecule has 0 spiro atoms. The topological polar surface area (TPSA) is 12.0 Å². The van der Waals surface area contributed by atoms with Gasteiger partial charge in [0.25, 0.3) is 0 Å².